The highest BCUT2D eigenvalue weighted by atomic mass is 19.4. The van der Waals surface area contributed by atoms with E-state index in [1.807, 2.05) is 0 Å². The van der Waals surface area contributed by atoms with Gasteiger partial charge in [-0.3, -0.25) is 0 Å². The molecule has 0 bridgehead atoms. The standard InChI is InChI=1S/C12H16F3N3O2/c1-11(2,3)20-10(19)17-6-7-4-8(12(13,14)15)18-9(16)5-7/h4-5H,6H2,1-3H3,(H2,16,18)(H,17,19). The van der Waals surface area contributed by atoms with Gasteiger partial charge in [0.2, 0.25) is 0 Å². The maximum Gasteiger partial charge on any atom is 0.433 e. The zero-order valence-corrected chi connectivity index (χ0v) is 11.3. The van der Waals surface area contributed by atoms with Crippen LogP contribution in [0.1, 0.15) is 32.0 Å². The van der Waals surface area contributed by atoms with Gasteiger partial charge in [-0.15, -0.1) is 0 Å². The number of nitrogen functional groups attached to an aromatic ring is 1. The lowest BCUT2D eigenvalue weighted by atomic mass is 10.2. The highest BCUT2D eigenvalue weighted by molar-refractivity contribution is 5.67. The van der Waals surface area contributed by atoms with E-state index in [-0.39, 0.29) is 17.9 Å². The SMILES string of the molecule is CC(C)(C)OC(=O)NCc1cc(N)nc(C(F)(F)F)c1. The summed E-state index contributed by atoms with van der Waals surface area (Å²) in [7, 11) is 0. The predicted octanol–water partition coefficient (Wildman–Crippen LogP) is 2.71. The largest absolute Gasteiger partial charge is 0.444 e. The average Bonchev–Trinajstić information content (AvgIpc) is 2.22. The molecule has 1 rings (SSSR count). The summed E-state index contributed by atoms with van der Waals surface area (Å²) in [5.74, 6) is -0.263. The van der Waals surface area contributed by atoms with Crippen molar-refractivity contribution in [2.24, 2.45) is 0 Å². The van der Waals surface area contributed by atoms with Crippen LogP contribution in [-0.2, 0) is 17.5 Å². The molecule has 1 amide bonds. The average molecular weight is 291 g/mol. The fourth-order valence-corrected chi connectivity index (χ4v) is 1.35. The third kappa shape index (κ3) is 5.33. The summed E-state index contributed by atoms with van der Waals surface area (Å²) in [5, 5.41) is 2.35. The molecule has 0 aliphatic heterocycles. The molecule has 5 nitrogen and oxygen atoms in total. The van der Waals surface area contributed by atoms with E-state index in [9.17, 15) is 18.0 Å². The highest BCUT2D eigenvalue weighted by Crippen LogP contribution is 2.28. The lowest BCUT2D eigenvalue weighted by Gasteiger charge is -2.19. The topological polar surface area (TPSA) is 77.2 Å². The molecule has 0 atom stereocenters. The van der Waals surface area contributed by atoms with E-state index >= 15 is 0 Å². The number of nitrogens with two attached hydrogens (primary N) is 1. The third-order valence-corrected chi connectivity index (χ3v) is 2.03. The first-order valence-corrected chi connectivity index (χ1v) is 5.78. The molecule has 1 aromatic heterocycles. The second kappa shape index (κ2) is 5.56. The lowest BCUT2D eigenvalue weighted by Crippen LogP contribution is -2.32. The Balaban J connectivity index is 2.74. The molecule has 0 radical (unpaired) electrons. The van der Waals surface area contributed by atoms with E-state index in [0.29, 0.717) is 0 Å². The van der Waals surface area contributed by atoms with E-state index in [1.54, 1.807) is 20.8 Å². The number of pyridine rings is 1. The molecule has 0 saturated carbocycles. The Hall–Kier alpha value is -1.99. The summed E-state index contributed by atoms with van der Waals surface area (Å²) in [4.78, 5) is 14.6. The number of carbonyl (C=O) groups is 1. The number of alkyl carbamates (subject to hydrolysis) is 1. The Bertz CT molecular complexity index is 496. The summed E-state index contributed by atoms with van der Waals surface area (Å²) in [5.41, 5.74) is 3.72. The third-order valence-electron chi connectivity index (χ3n) is 2.03. The van der Waals surface area contributed by atoms with Crippen molar-refractivity contribution < 1.29 is 22.7 Å². The van der Waals surface area contributed by atoms with Crippen molar-refractivity contribution in [3.05, 3.63) is 23.4 Å². The van der Waals surface area contributed by atoms with Crippen molar-refractivity contribution in [3.63, 3.8) is 0 Å². The molecule has 112 valence electrons. The molecule has 0 fully saturated rings. The Morgan fingerprint density at radius 3 is 2.45 bits per heavy atom. The van der Waals surface area contributed by atoms with Crippen molar-refractivity contribution >= 4 is 11.9 Å². The molecule has 0 aromatic carbocycles. The molecule has 20 heavy (non-hydrogen) atoms. The molecule has 0 unspecified atom stereocenters. The van der Waals surface area contributed by atoms with Gasteiger partial charge in [-0.1, -0.05) is 0 Å². The number of nitrogens with one attached hydrogen (secondary N) is 1. The molecule has 0 aliphatic carbocycles. The minimum atomic E-state index is -4.59. The van der Waals surface area contributed by atoms with Crippen molar-refractivity contribution in [3.8, 4) is 0 Å². The first-order chi connectivity index (χ1) is 8.97. The van der Waals surface area contributed by atoms with Gasteiger partial charge in [0.05, 0.1) is 0 Å². The number of anilines is 1. The lowest BCUT2D eigenvalue weighted by molar-refractivity contribution is -0.141. The minimum absolute atomic E-state index is 0.134. The number of ether oxygens (including phenoxy) is 1. The van der Waals surface area contributed by atoms with Gasteiger partial charge in [-0.05, 0) is 38.5 Å². The van der Waals surface area contributed by atoms with Gasteiger partial charge in [0.25, 0.3) is 0 Å². The summed E-state index contributed by atoms with van der Waals surface area (Å²) in [6.45, 7) is 4.90. The molecule has 1 aromatic rings. The van der Waals surface area contributed by atoms with Crippen LogP contribution < -0.4 is 11.1 Å². The zero-order valence-electron chi connectivity index (χ0n) is 11.3. The van der Waals surface area contributed by atoms with E-state index in [0.717, 1.165) is 6.07 Å². The van der Waals surface area contributed by atoms with Gasteiger partial charge in [0, 0.05) is 6.54 Å². The summed E-state index contributed by atoms with van der Waals surface area (Å²) in [6.07, 6.45) is -5.31. The van der Waals surface area contributed by atoms with E-state index < -0.39 is 23.6 Å². The van der Waals surface area contributed by atoms with Crippen LogP contribution in [0.15, 0.2) is 12.1 Å². The number of hydrogen-bond donors (Lipinski definition) is 2. The predicted molar refractivity (Wildman–Crippen MR) is 66.7 cm³/mol. The molecular weight excluding hydrogens is 275 g/mol. The van der Waals surface area contributed by atoms with Crippen molar-refractivity contribution in [1.29, 1.82) is 0 Å². The van der Waals surface area contributed by atoms with Gasteiger partial charge in [-0.2, -0.15) is 13.2 Å². The number of rotatable bonds is 2. The van der Waals surface area contributed by atoms with Crippen molar-refractivity contribution in [1.82, 2.24) is 10.3 Å². The van der Waals surface area contributed by atoms with Gasteiger partial charge in [0.1, 0.15) is 17.1 Å². The van der Waals surface area contributed by atoms with Crippen LogP contribution >= 0.6 is 0 Å². The van der Waals surface area contributed by atoms with Crippen molar-refractivity contribution in [2.75, 3.05) is 5.73 Å². The smallest absolute Gasteiger partial charge is 0.433 e. The van der Waals surface area contributed by atoms with Crippen LogP contribution in [0.25, 0.3) is 0 Å². The first kappa shape index (κ1) is 16.1. The normalized spacial score (nSPS) is 12.1. The van der Waals surface area contributed by atoms with Crippen molar-refractivity contribution in [2.45, 2.75) is 39.1 Å². The summed E-state index contributed by atoms with van der Waals surface area (Å²) in [6, 6.07) is 2.08. The van der Waals surface area contributed by atoms with Crippen LogP contribution in [0.5, 0.6) is 0 Å². The van der Waals surface area contributed by atoms with E-state index in [4.69, 9.17) is 10.5 Å². The Labute approximate surface area is 114 Å². The van der Waals surface area contributed by atoms with Crippen LogP contribution in [0.3, 0.4) is 0 Å². The van der Waals surface area contributed by atoms with E-state index in [2.05, 4.69) is 10.3 Å². The maximum absolute atomic E-state index is 12.5. The van der Waals surface area contributed by atoms with Gasteiger partial charge in [-0.25, -0.2) is 9.78 Å². The first-order valence-electron chi connectivity index (χ1n) is 5.78. The number of alkyl halides is 3. The molecule has 3 N–H and O–H groups in total. The molecule has 1 heterocycles. The van der Waals surface area contributed by atoms with Crippen LogP contribution in [0.2, 0.25) is 0 Å². The Kier molecular flexibility index (Phi) is 4.46. The molecule has 0 saturated heterocycles. The molecule has 8 heteroatoms. The minimum Gasteiger partial charge on any atom is -0.444 e. The van der Waals surface area contributed by atoms with Gasteiger partial charge >= 0.3 is 12.3 Å². The highest BCUT2D eigenvalue weighted by Gasteiger charge is 2.33. The fourth-order valence-electron chi connectivity index (χ4n) is 1.35. The quantitative estimate of drug-likeness (QED) is 0.878. The number of amides is 1. The second-order valence-electron chi connectivity index (χ2n) is 5.14. The monoisotopic (exact) mass is 291 g/mol. The number of nitrogens with zero attached hydrogens (tertiary/aromatic N) is 1. The molecule has 0 aliphatic rings. The molecule has 0 spiro atoms. The Morgan fingerprint density at radius 1 is 1.35 bits per heavy atom. The number of carbonyl (C=O) groups excluding carboxylic acids is 1. The van der Waals surface area contributed by atoms with E-state index in [1.165, 1.54) is 6.07 Å². The Morgan fingerprint density at radius 2 is 1.95 bits per heavy atom. The summed E-state index contributed by atoms with van der Waals surface area (Å²) < 4.78 is 42.6. The second-order valence-corrected chi connectivity index (χ2v) is 5.14. The number of aromatic nitrogens is 1. The number of halogens is 3. The zero-order chi connectivity index (χ0) is 15.6. The van der Waals surface area contributed by atoms with Gasteiger partial charge < -0.3 is 15.8 Å². The van der Waals surface area contributed by atoms with Gasteiger partial charge in [0.15, 0.2) is 0 Å². The summed E-state index contributed by atoms with van der Waals surface area (Å²) >= 11 is 0. The van der Waals surface area contributed by atoms with Crippen LogP contribution in [-0.4, -0.2) is 16.7 Å². The number of hydrogen-bond acceptors (Lipinski definition) is 4. The van der Waals surface area contributed by atoms with Crippen LogP contribution in [0, 0.1) is 0 Å². The van der Waals surface area contributed by atoms with Crippen LogP contribution in [0.4, 0.5) is 23.8 Å². The maximum atomic E-state index is 12.5. The molecular formula is C12H16F3N3O2. The fraction of sp³-hybridized carbons (Fsp3) is 0.500.